The number of nitrogens with zero attached hydrogens (tertiary/aromatic N) is 3. The molecule has 0 saturated carbocycles. The number of halogens is 1. The van der Waals surface area contributed by atoms with Crippen LogP contribution in [0.1, 0.15) is 30.0 Å². The summed E-state index contributed by atoms with van der Waals surface area (Å²) in [6.07, 6.45) is 1.76. The first kappa shape index (κ1) is 26.0. The zero-order valence-corrected chi connectivity index (χ0v) is 22.2. The number of piperidine rings is 1. The number of anilines is 1. The fourth-order valence-electron chi connectivity index (χ4n) is 6.66. The molecular formula is C29H35FN4O2S. The number of aliphatic hydroxyl groups is 1. The first-order valence-corrected chi connectivity index (χ1v) is 12.9. The zero-order valence-electron chi connectivity index (χ0n) is 21.2. The lowest BCUT2D eigenvalue weighted by molar-refractivity contribution is -0.135. The average Bonchev–Trinajstić information content (AvgIpc) is 3.38. The van der Waals surface area contributed by atoms with Crippen molar-refractivity contribution in [1.82, 2.24) is 15.1 Å². The molecule has 2 heterocycles. The summed E-state index contributed by atoms with van der Waals surface area (Å²) in [5.41, 5.74) is 2.97. The summed E-state index contributed by atoms with van der Waals surface area (Å²) >= 11 is 0. The van der Waals surface area contributed by atoms with Gasteiger partial charge in [0.2, 0.25) is 5.91 Å². The van der Waals surface area contributed by atoms with Crippen molar-refractivity contribution in [2.75, 3.05) is 44.8 Å². The molecule has 3 aromatic rings. The first-order valence-electron chi connectivity index (χ1n) is 12.9. The topological polar surface area (TPSA) is 59.1 Å². The molecular weight excluding hydrogens is 487 g/mol. The Morgan fingerprint density at radius 1 is 1.08 bits per heavy atom. The number of amides is 1. The Balaban J connectivity index is 0.00000280. The standard InChI is InChI=1S/C29H33FN4O2.H2S/c1-31-17-24(35)18-33-19-34(23-10-8-22(30)9-11-23)29(28(33)36)12-14-32(15-13-29)26-16-21-6-2-4-20-5-3-7-25(26)27(20)21;/h2-11,24,26,31,35H,12-19H2,1H3;1H2/t24-,26+;/m0./s1. The number of likely N-dealkylation sites (N-methyl/N-ethyl adjacent to an activating group) is 1. The predicted molar refractivity (Wildman–Crippen MR) is 150 cm³/mol. The largest absolute Gasteiger partial charge is 0.390 e. The molecule has 3 aromatic carbocycles. The van der Waals surface area contributed by atoms with Crippen LogP contribution in [0.4, 0.5) is 10.1 Å². The first-order chi connectivity index (χ1) is 17.5. The fraction of sp³-hybridized carbons (Fsp3) is 0.414. The number of nitrogens with one attached hydrogen (secondary N) is 1. The van der Waals surface area contributed by atoms with Crippen molar-refractivity contribution in [3.05, 3.63) is 77.6 Å². The third kappa shape index (κ3) is 4.40. The molecule has 2 saturated heterocycles. The van der Waals surface area contributed by atoms with Crippen molar-refractivity contribution in [1.29, 1.82) is 0 Å². The summed E-state index contributed by atoms with van der Waals surface area (Å²) in [6, 6.07) is 19.9. The van der Waals surface area contributed by atoms with Gasteiger partial charge in [-0.2, -0.15) is 13.5 Å². The van der Waals surface area contributed by atoms with Crippen molar-refractivity contribution in [2.24, 2.45) is 0 Å². The highest BCUT2D eigenvalue weighted by molar-refractivity contribution is 7.59. The molecule has 2 N–H and O–H groups in total. The third-order valence-corrected chi connectivity index (χ3v) is 8.38. The van der Waals surface area contributed by atoms with Gasteiger partial charge in [0.05, 0.1) is 12.8 Å². The summed E-state index contributed by atoms with van der Waals surface area (Å²) in [5.74, 6) is -0.220. The van der Waals surface area contributed by atoms with E-state index in [9.17, 15) is 14.3 Å². The summed E-state index contributed by atoms with van der Waals surface area (Å²) in [5, 5.41) is 16.1. The van der Waals surface area contributed by atoms with Gasteiger partial charge < -0.3 is 20.2 Å². The minimum absolute atomic E-state index is 0. The van der Waals surface area contributed by atoms with Crippen LogP contribution in [-0.2, 0) is 11.2 Å². The molecule has 2 atom stereocenters. The Morgan fingerprint density at radius 2 is 1.78 bits per heavy atom. The lowest BCUT2D eigenvalue weighted by Crippen LogP contribution is -2.57. The summed E-state index contributed by atoms with van der Waals surface area (Å²) in [4.78, 5) is 20.3. The molecule has 0 unspecified atom stereocenters. The smallest absolute Gasteiger partial charge is 0.250 e. The molecule has 1 spiro atoms. The van der Waals surface area contributed by atoms with Gasteiger partial charge in [0.25, 0.3) is 0 Å². The number of aliphatic hydroxyl groups excluding tert-OH is 1. The number of hydrogen-bond acceptors (Lipinski definition) is 5. The van der Waals surface area contributed by atoms with Crippen LogP contribution in [0.2, 0.25) is 0 Å². The van der Waals surface area contributed by atoms with E-state index in [1.165, 1.54) is 34.0 Å². The van der Waals surface area contributed by atoms with Gasteiger partial charge in [-0.1, -0.05) is 36.4 Å². The van der Waals surface area contributed by atoms with Gasteiger partial charge in [-0.3, -0.25) is 9.69 Å². The van der Waals surface area contributed by atoms with E-state index in [2.05, 4.69) is 51.5 Å². The van der Waals surface area contributed by atoms with Crippen molar-refractivity contribution < 1.29 is 14.3 Å². The van der Waals surface area contributed by atoms with Crippen molar-refractivity contribution >= 4 is 35.9 Å². The van der Waals surface area contributed by atoms with E-state index >= 15 is 0 Å². The van der Waals surface area contributed by atoms with Crippen molar-refractivity contribution in [3.8, 4) is 0 Å². The van der Waals surface area contributed by atoms with Crippen LogP contribution in [0.5, 0.6) is 0 Å². The maximum atomic E-state index is 13.9. The van der Waals surface area contributed by atoms with Gasteiger partial charge in [-0.15, -0.1) is 0 Å². The number of hydrogen-bond donors (Lipinski definition) is 2. The number of carbonyl (C=O) groups excluding carboxylic acids is 1. The highest BCUT2D eigenvalue weighted by Crippen LogP contribution is 2.45. The lowest BCUT2D eigenvalue weighted by Gasteiger charge is -2.45. The van der Waals surface area contributed by atoms with Crippen molar-refractivity contribution in [2.45, 2.75) is 36.9 Å². The second-order valence-electron chi connectivity index (χ2n) is 10.4. The number of rotatable bonds is 6. The Hall–Kier alpha value is -2.65. The van der Waals surface area contributed by atoms with Crippen LogP contribution in [0.3, 0.4) is 0 Å². The van der Waals surface area contributed by atoms with Gasteiger partial charge in [-0.05, 0) is 72.5 Å². The minimum atomic E-state index is -0.675. The summed E-state index contributed by atoms with van der Waals surface area (Å²) in [6.45, 7) is 2.73. The molecule has 8 heteroatoms. The lowest BCUT2D eigenvalue weighted by atomic mass is 9.84. The van der Waals surface area contributed by atoms with Crippen LogP contribution >= 0.6 is 13.5 Å². The van der Waals surface area contributed by atoms with Crippen molar-refractivity contribution in [3.63, 3.8) is 0 Å². The quantitative estimate of drug-likeness (QED) is 0.520. The summed E-state index contributed by atoms with van der Waals surface area (Å²) in [7, 11) is 1.79. The maximum Gasteiger partial charge on any atom is 0.250 e. The Morgan fingerprint density at radius 3 is 2.49 bits per heavy atom. The highest BCUT2D eigenvalue weighted by atomic mass is 32.1. The monoisotopic (exact) mass is 522 g/mol. The molecule has 0 radical (unpaired) electrons. The van der Waals surface area contributed by atoms with Crippen LogP contribution in [0.15, 0.2) is 60.7 Å². The second kappa shape index (κ2) is 10.3. The van der Waals surface area contributed by atoms with Gasteiger partial charge in [-0.25, -0.2) is 4.39 Å². The van der Waals surface area contributed by atoms with Gasteiger partial charge in [0.15, 0.2) is 0 Å². The molecule has 6 nitrogen and oxygen atoms in total. The fourth-order valence-corrected chi connectivity index (χ4v) is 6.66. The predicted octanol–water partition coefficient (Wildman–Crippen LogP) is 3.41. The van der Waals surface area contributed by atoms with Gasteiger partial charge >= 0.3 is 0 Å². The van der Waals surface area contributed by atoms with Crippen LogP contribution in [0.25, 0.3) is 10.8 Å². The normalized spacial score (nSPS) is 21.6. The number of benzene rings is 3. The molecule has 6 rings (SSSR count). The molecule has 1 amide bonds. The molecule has 3 aliphatic rings. The van der Waals surface area contributed by atoms with E-state index in [4.69, 9.17) is 0 Å². The maximum absolute atomic E-state index is 13.9. The van der Waals surface area contributed by atoms with E-state index in [-0.39, 0.29) is 31.8 Å². The Bertz CT molecular complexity index is 1270. The molecule has 196 valence electrons. The highest BCUT2D eigenvalue weighted by Gasteiger charge is 2.54. The molecule has 0 bridgehead atoms. The molecule has 37 heavy (non-hydrogen) atoms. The molecule has 2 fully saturated rings. The minimum Gasteiger partial charge on any atom is -0.390 e. The number of carbonyl (C=O) groups is 1. The van der Waals surface area contributed by atoms with Crippen LogP contribution in [-0.4, -0.2) is 72.4 Å². The molecule has 2 aliphatic heterocycles. The van der Waals surface area contributed by atoms with E-state index < -0.39 is 11.6 Å². The van der Waals surface area contributed by atoms with E-state index in [1.54, 1.807) is 24.1 Å². The van der Waals surface area contributed by atoms with Crippen LogP contribution < -0.4 is 10.2 Å². The SMILES string of the molecule is CNC[C@H](O)CN1CN(c2ccc(F)cc2)C2(CCN([C@@H]3Cc4cccc5cccc3c45)CC2)C1=O.S. The molecule has 0 aromatic heterocycles. The van der Waals surface area contributed by atoms with E-state index in [1.807, 2.05) is 0 Å². The van der Waals surface area contributed by atoms with Gasteiger partial charge in [0, 0.05) is 37.9 Å². The Kier molecular flexibility index (Phi) is 7.20. The average molecular weight is 523 g/mol. The number of likely N-dealkylation sites (tertiary alicyclic amines) is 1. The van der Waals surface area contributed by atoms with E-state index in [0.717, 1.165) is 25.2 Å². The third-order valence-electron chi connectivity index (χ3n) is 8.38. The number of β-amino-alcohol motifs (C(OH)–C–C–N with tert-alkyl or cyclic N) is 1. The second-order valence-corrected chi connectivity index (χ2v) is 10.4. The molecule has 1 aliphatic carbocycles. The van der Waals surface area contributed by atoms with Crippen LogP contribution in [0, 0.1) is 5.82 Å². The zero-order chi connectivity index (χ0) is 24.9. The van der Waals surface area contributed by atoms with Gasteiger partial charge in [0.1, 0.15) is 11.4 Å². The Labute approximate surface area is 224 Å². The van der Waals surface area contributed by atoms with E-state index in [0.29, 0.717) is 32.1 Å². The summed E-state index contributed by atoms with van der Waals surface area (Å²) < 4.78 is 13.7.